The molecule has 0 spiro atoms. The quantitative estimate of drug-likeness (QED) is 0.695. The van der Waals surface area contributed by atoms with Crippen molar-refractivity contribution in [3.63, 3.8) is 0 Å². The maximum absolute atomic E-state index is 11.7. The van der Waals surface area contributed by atoms with Gasteiger partial charge in [0.05, 0.1) is 4.88 Å². The highest BCUT2D eigenvalue weighted by atomic mass is 35.5. The number of phenols is 1. The average molecular weight is 297 g/mol. The van der Waals surface area contributed by atoms with Crippen molar-refractivity contribution in [2.24, 2.45) is 0 Å². The first-order valence-corrected chi connectivity index (χ1v) is 6.56. The SMILES string of the molecule is O=C(COC(=O)c1cc(Cl)ccc1O)c1cccs1. The van der Waals surface area contributed by atoms with Gasteiger partial charge in [-0.3, -0.25) is 4.79 Å². The van der Waals surface area contributed by atoms with Crippen LogP contribution in [0.1, 0.15) is 20.0 Å². The van der Waals surface area contributed by atoms with Crippen molar-refractivity contribution in [1.29, 1.82) is 0 Å². The van der Waals surface area contributed by atoms with Gasteiger partial charge in [-0.2, -0.15) is 0 Å². The molecule has 1 heterocycles. The van der Waals surface area contributed by atoms with Gasteiger partial charge in [0.2, 0.25) is 5.78 Å². The lowest BCUT2D eigenvalue weighted by Gasteiger charge is -2.05. The number of halogens is 1. The molecule has 0 saturated heterocycles. The minimum Gasteiger partial charge on any atom is -0.507 e. The van der Waals surface area contributed by atoms with Crippen LogP contribution in [0.15, 0.2) is 35.7 Å². The second-order valence-electron chi connectivity index (χ2n) is 3.64. The molecule has 1 aromatic carbocycles. The largest absolute Gasteiger partial charge is 0.507 e. The van der Waals surface area contributed by atoms with E-state index < -0.39 is 5.97 Å². The molecule has 0 unspecified atom stereocenters. The van der Waals surface area contributed by atoms with Crippen LogP contribution in [0.3, 0.4) is 0 Å². The summed E-state index contributed by atoms with van der Waals surface area (Å²) in [5, 5.41) is 11.6. The Kier molecular flexibility index (Phi) is 4.19. The summed E-state index contributed by atoms with van der Waals surface area (Å²) in [6.45, 7) is -0.370. The van der Waals surface area contributed by atoms with Crippen LogP contribution in [-0.4, -0.2) is 23.5 Å². The van der Waals surface area contributed by atoms with E-state index >= 15 is 0 Å². The van der Waals surface area contributed by atoms with Crippen LogP contribution in [0.2, 0.25) is 5.02 Å². The van der Waals surface area contributed by atoms with Crippen LogP contribution in [0, 0.1) is 0 Å². The first-order chi connectivity index (χ1) is 9.08. The second kappa shape index (κ2) is 5.86. The normalized spacial score (nSPS) is 10.2. The third kappa shape index (κ3) is 3.33. The molecule has 0 radical (unpaired) electrons. The van der Waals surface area contributed by atoms with Crippen LogP contribution in [0.25, 0.3) is 0 Å². The van der Waals surface area contributed by atoms with E-state index in [-0.39, 0.29) is 23.7 Å². The number of esters is 1. The predicted molar refractivity (Wildman–Crippen MR) is 72.0 cm³/mol. The smallest absolute Gasteiger partial charge is 0.342 e. The van der Waals surface area contributed by atoms with Crippen molar-refractivity contribution in [1.82, 2.24) is 0 Å². The van der Waals surface area contributed by atoms with E-state index in [1.807, 2.05) is 0 Å². The van der Waals surface area contributed by atoms with Crippen LogP contribution in [0.5, 0.6) is 5.75 Å². The number of hydrogen-bond donors (Lipinski definition) is 1. The minimum atomic E-state index is -0.787. The molecule has 1 N–H and O–H groups in total. The lowest BCUT2D eigenvalue weighted by atomic mass is 10.2. The molecule has 0 amide bonds. The summed E-state index contributed by atoms with van der Waals surface area (Å²) in [5.74, 6) is -1.31. The van der Waals surface area contributed by atoms with Crippen molar-refractivity contribution >= 4 is 34.7 Å². The standard InChI is InChI=1S/C13H9ClO4S/c14-8-3-4-10(15)9(6-8)13(17)18-7-11(16)12-2-1-5-19-12/h1-6,15H,7H2. The Morgan fingerprint density at radius 2 is 2.11 bits per heavy atom. The van der Waals surface area contributed by atoms with Gasteiger partial charge in [-0.25, -0.2) is 4.79 Å². The van der Waals surface area contributed by atoms with Gasteiger partial charge in [0.1, 0.15) is 11.3 Å². The average Bonchev–Trinajstić information content (AvgIpc) is 2.92. The first kappa shape index (κ1) is 13.6. The van der Waals surface area contributed by atoms with Gasteiger partial charge in [0.15, 0.2) is 6.61 Å². The van der Waals surface area contributed by atoms with Gasteiger partial charge >= 0.3 is 5.97 Å². The van der Waals surface area contributed by atoms with Crippen LogP contribution < -0.4 is 0 Å². The summed E-state index contributed by atoms with van der Waals surface area (Å²) in [6.07, 6.45) is 0. The van der Waals surface area contributed by atoms with E-state index in [4.69, 9.17) is 16.3 Å². The molecule has 2 rings (SSSR count). The molecule has 98 valence electrons. The molecule has 0 aliphatic carbocycles. The fourth-order valence-electron chi connectivity index (χ4n) is 1.39. The molecule has 0 saturated carbocycles. The molecule has 1 aromatic heterocycles. The lowest BCUT2D eigenvalue weighted by Crippen LogP contribution is -2.13. The third-order valence-electron chi connectivity index (χ3n) is 2.31. The van der Waals surface area contributed by atoms with E-state index in [0.29, 0.717) is 9.90 Å². The fourth-order valence-corrected chi connectivity index (χ4v) is 2.21. The van der Waals surface area contributed by atoms with E-state index in [1.54, 1.807) is 17.5 Å². The van der Waals surface area contributed by atoms with Gasteiger partial charge in [0.25, 0.3) is 0 Å². The predicted octanol–water partition coefficient (Wildman–Crippen LogP) is 3.15. The molecular weight excluding hydrogens is 288 g/mol. The van der Waals surface area contributed by atoms with E-state index in [0.717, 1.165) is 0 Å². The maximum Gasteiger partial charge on any atom is 0.342 e. The number of phenolic OH excluding ortho intramolecular Hbond substituents is 1. The number of rotatable bonds is 4. The number of aromatic hydroxyl groups is 1. The first-order valence-electron chi connectivity index (χ1n) is 5.30. The summed E-state index contributed by atoms with van der Waals surface area (Å²) >= 11 is 6.99. The molecule has 4 nitrogen and oxygen atoms in total. The molecule has 0 bridgehead atoms. The van der Waals surface area contributed by atoms with E-state index in [9.17, 15) is 14.7 Å². The zero-order valence-corrected chi connectivity index (χ0v) is 11.2. The monoisotopic (exact) mass is 296 g/mol. The Morgan fingerprint density at radius 3 is 2.79 bits per heavy atom. The Hall–Kier alpha value is -1.85. The van der Waals surface area contributed by atoms with Crippen molar-refractivity contribution in [2.75, 3.05) is 6.61 Å². The van der Waals surface area contributed by atoms with Crippen LogP contribution in [0.4, 0.5) is 0 Å². The number of benzene rings is 1. The van der Waals surface area contributed by atoms with Crippen molar-refractivity contribution in [2.45, 2.75) is 0 Å². The minimum absolute atomic E-state index is 0.0634. The topological polar surface area (TPSA) is 63.6 Å². The molecule has 2 aromatic rings. The zero-order chi connectivity index (χ0) is 13.8. The highest BCUT2D eigenvalue weighted by Crippen LogP contribution is 2.22. The van der Waals surface area contributed by atoms with Gasteiger partial charge in [-0.05, 0) is 29.6 Å². The van der Waals surface area contributed by atoms with Crippen LogP contribution >= 0.6 is 22.9 Å². The molecule has 0 aliphatic heterocycles. The maximum atomic E-state index is 11.7. The number of ether oxygens (including phenoxy) is 1. The highest BCUT2D eigenvalue weighted by Gasteiger charge is 2.16. The Morgan fingerprint density at radius 1 is 1.32 bits per heavy atom. The zero-order valence-electron chi connectivity index (χ0n) is 9.63. The Labute approximate surface area is 118 Å². The van der Waals surface area contributed by atoms with Gasteiger partial charge in [0, 0.05) is 5.02 Å². The van der Waals surface area contributed by atoms with Crippen molar-refractivity contribution < 1.29 is 19.4 Å². The molecule has 0 atom stereocenters. The summed E-state index contributed by atoms with van der Waals surface area (Å²) in [7, 11) is 0. The van der Waals surface area contributed by atoms with Crippen molar-refractivity contribution in [3.8, 4) is 5.75 Å². The lowest BCUT2D eigenvalue weighted by molar-refractivity contribution is 0.0473. The Balaban J connectivity index is 2.02. The number of carbonyl (C=O) groups excluding carboxylic acids is 2. The van der Waals surface area contributed by atoms with Crippen LogP contribution in [-0.2, 0) is 4.74 Å². The highest BCUT2D eigenvalue weighted by molar-refractivity contribution is 7.12. The third-order valence-corrected chi connectivity index (χ3v) is 3.45. The number of hydrogen-bond acceptors (Lipinski definition) is 5. The summed E-state index contributed by atoms with van der Waals surface area (Å²) in [6, 6.07) is 7.42. The fraction of sp³-hybridized carbons (Fsp3) is 0.0769. The number of ketones is 1. The summed E-state index contributed by atoms with van der Waals surface area (Å²) < 4.78 is 4.85. The summed E-state index contributed by atoms with van der Waals surface area (Å²) in [5.41, 5.74) is -0.0634. The molecule has 19 heavy (non-hydrogen) atoms. The molecule has 6 heteroatoms. The van der Waals surface area contributed by atoms with Crippen molar-refractivity contribution in [3.05, 3.63) is 51.2 Å². The molecular formula is C13H9ClO4S. The number of Topliss-reactive ketones (excluding diaryl/α,β-unsaturated/α-hetero) is 1. The van der Waals surface area contributed by atoms with Gasteiger partial charge in [-0.1, -0.05) is 17.7 Å². The van der Waals surface area contributed by atoms with E-state index in [1.165, 1.54) is 29.5 Å². The number of carbonyl (C=O) groups is 2. The number of thiophene rings is 1. The second-order valence-corrected chi connectivity index (χ2v) is 5.02. The van der Waals surface area contributed by atoms with Gasteiger partial charge in [-0.15, -0.1) is 11.3 Å². The van der Waals surface area contributed by atoms with Gasteiger partial charge < -0.3 is 9.84 Å². The molecule has 0 fully saturated rings. The summed E-state index contributed by atoms with van der Waals surface area (Å²) in [4.78, 5) is 23.9. The Bertz CT molecular complexity index is 607. The molecule has 0 aliphatic rings. The van der Waals surface area contributed by atoms with E-state index in [2.05, 4.69) is 0 Å².